The fraction of sp³-hybridized carbons (Fsp3) is 0.625. The lowest BCUT2D eigenvalue weighted by Gasteiger charge is -2.21. The van der Waals surface area contributed by atoms with E-state index in [-0.39, 0.29) is 0 Å². The summed E-state index contributed by atoms with van der Waals surface area (Å²) in [6.07, 6.45) is 7.47. The minimum Gasteiger partial charge on any atom is -0.503 e. The van der Waals surface area contributed by atoms with E-state index >= 15 is 0 Å². The first-order valence-electron chi connectivity index (χ1n) is 7.66. The average Bonchev–Trinajstić information content (AvgIpc) is 2.49. The van der Waals surface area contributed by atoms with Crippen LogP contribution in [0.15, 0.2) is 12.1 Å². The third-order valence-corrected chi connectivity index (χ3v) is 3.81. The minimum absolute atomic E-state index is 0.373. The number of ether oxygens (including phenoxy) is 1. The Bertz CT molecular complexity index is 425. The molecule has 21 heavy (non-hydrogen) atoms. The van der Waals surface area contributed by atoms with Crippen molar-refractivity contribution in [2.75, 3.05) is 13.2 Å². The Balaban J connectivity index is 1.59. The molecule has 2 rings (SSSR count). The summed E-state index contributed by atoms with van der Waals surface area (Å²) in [6, 6.07) is 2.29. The second-order valence-electron chi connectivity index (χ2n) is 5.57. The number of rotatable bonds is 7. The molecular weight excluding hydrogens is 276 g/mol. The molecule has 0 amide bonds. The minimum atomic E-state index is -0.924. The predicted octanol–water partition coefficient (Wildman–Crippen LogP) is 3.50. The quantitative estimate of drug-likeness (QED) is 0.757. The molecule has 0 heterocycles. The van der Waals surface area contributed by atoms with Gasteiger partial charge in [-0.1, -0.05) is 19.3 Å². The zero-order valence-electron chi connectivity index (χ0n) is 12.2. The van der Waals surface area contributed by atoms with Crippen LogP contribution >= 0.6 is 0 Å². The average molecular weight is 299 g/mol. The molecule has 5 heteroatoms. The third-order valence-electron chi connectivity index (χ3n) is 3.81. The van der Waals surface area contributed by atoms with Gasteiger partial charge in [0.05, 0.1) is 6.10 Å². The van der Waals surface area contributed by atoms with Gasteiger partial charge in [0.1, 0.15) is 0 Å². The van der Waals surface area contributed by atoms with Crippen LogP contribution in [0.25, 0.3) is 0 Å². The zero-order chi connectivity index (χ0) is 15.1. The topological polar surface area (TPSA) is 41.5 Å². The SMILES string of the molecule is Oc1c(F)cc(CNCCCOC2CCCCC2)cc1F. The van der Waals surface area contributed by atoms with Gasteiger partial charge in [-0.25, -0.2) is 8.78 Å². The van der Waals surface area contributed by atoms with Crippen molar-refractivity contribution < 1.29 is 18.6 Å². The van der Waals surface area contributed by atoms with Crippen molar-refractivity contribution in [3.05, 3.63) is 29.3 Å². The van der Waals surface area contributed by atoms with Crippen LogP contribution in [0.4, 0.5) is 8.78 Å². The fourth-order valence-electron chi connectivity index (χ4n) is 2.63. The molecule has 0 radical (unpaired) electrons. The van der Waals surface area contributed by atoms with Crippen LogP contribution in [0.5, 0.6) is 5.75 Å². The van der Waals surface area contributed by atoms with Crippen molar-refractivity contribution >= 4 is 0 Å². The highest BCUT2D eigenvalue weighted by Gasteiger charge is 2.13. The molecule has 0 saturated heterocycles. The number of hydrogen-bond donors (Lipinski definition) is 2. The van der Waals surface area contributed by atoms with Gasteiger partial charge in [0, 0.05) is 13.2 Å². The summed E-state index contributed by atoms with van der Waals surface area (Å²) in [5, 5.41) is 12.1. The molecule has 118 valence electrons. The number of phenolic OH excluding ortho intramolecular Hbond substituents is 1. The van der Waals surface area contributed by atoms with Crippen LogP contribution in [0, 0.1) is 11.6 Å². The summed E-state index contributed by atoms with van der Waals surface area (Å²) < 4.78 is 32.1. The van der Waals surface area contributed by atoms with Crippen LogP contribution in [-0.2, 0) is 11.3 Å². The molecule has 1 aromatic carbocycles. The molecule has 0 unspecified atom stereocenters. The van der Waals surface area contributed by atoms with E-state index in [0.717, 1.165) is 31.7 Å². The van der Waals surface area contributed by atoms with E-state index in [1.807, 2.05) is 0 Å². The summed E-state index contributed by atoms with van der Waals surface area (Å²) in [7, 11) is 0. The molecule has 0 bridgehead atoms. The summed E-state index contributed by atoms with van der Waals surface area (Å²) in [4.78, 5) is 0. The van der Waals surface area contributed by atoms with Crippen LogP contribution in [0.3, 0.4) is 0 Å². The maximum Gasteiger partial charge on any atom is 0.187 e. The van der Waals surface area contributed by atoms with Gasteiger partial charge in [-0.05, 0) is 43.5 Å². The van der Waals surface area contributed by atoms with Gasteiger partial charge in [-0.3, -0.25) is 0 Å². The van der Waals surface area contributed by atoms with Crippen molar-refractivity contribution in [3.63, 3.8) is 0 Å². The van der Waals surface area contributed by atoms with Crippen molar-refractivity contribution in [1.29, 1.82) is 0 Å². The smallest absolute Gasteiger partial charge is 0.187 e. The summed E-state index contributed by atoms with van der Waals surface area (Å²) in [6.45, 7) is 1.82. The summed E-state index contributed by atoms with van der Waals surface area (Å²) >= 11 is 0. The number of benzene rings is 1. The summed E-state index contributed by atoms with van der Waals surface area (Å²) in [5.41, 5.74) is 0.482. The second kappa shape index (κ2) is 8.29. The Morgan fingerprint density at radius 2 is 1.81 bits per heavy atom. The van der Waals surface area contributed by atoms with Crippen LogP contribution in [0.1, 0.15) is 44.1 Å². The lowest BCUT2D eigenvalue weighted by atomic mass is 9.98. The van der Waals surface area contributed by atoms with Crippen molar-refractivity contribution in [3.8, 4) is 5.75 Å². The molecule has 0 aromatic heterocycles. The molecule has 1 fully saturated rings. The lowest BCUT2D eigenvalue weighted by molar-refractivity contribution is 0.0273. The van der Waals surface area contributed by atoms with Gasteiger partial charge >= 0.3 is 0 Å². The van der Waals surface area contributed by atoms with Crippen LogP contribution < -0.4 is 5.32 Å². The largest absolute Gasteiger partial charge is 0.503 e. The van der Waals surface area contributed by atoms with E-state index in [0.29, 0.717) is 18.2 Å². The molecule has 2 N–H and O–H groups in total. The van der Waals surface area contributed by atoms with E-state index in [4.69, 9.17) is 9.84 Å². The molecule has 1 aliphatic carbocycles. The van der Waals surface area contributed by atoms with Gasteiger partial charge in [0.2, 0.25) is 0 Å². The molecule has 0 aliphatic heterocycles. The Labute approximate surface area is 124 Å². The molecular formula is C16H23F2NO2. The van der Waals surface area contributed by atoms with Crippen molar-refractivity contribution in [2.24, 2.45) is 0 Å². The second-order valence-corrected chi connectivity index (χ2v) is 5.57. The van der Waals surface area contributed by atoms with Crippen LogP contribution in [0.2, 0.25) is 0 Å². The fourth-order valence-corrected chi connectivity index (χ4v) is 2.63. The maximum atomic E-state index is 13.1. The third kappa shape index (κ3) is 5.25. The first-order chi connectivity index (χ1) is 10.2. The maximum absolute atomic E-state index is 13.1. The molecule has 3 nitrogen and oxygen atoms in total. The molecule has 1 aromatic rings. The zero-order valence-corrected chi connectivity index (χ0v) is 12.2. The van der Waals surface area contributed by atoms with E-state index < -0.39 is 17.4 Å². The van der Waals surface area contributed by atoms with Gasteiger partial charge < -0.3 is 15.2 Å². The Kier molecular flexibility index (Phi) is 6.39. The monoisotopic (exact) mass is 299 g/mol. The van der Waals surface area contributed by atoms with E-state index in [2.05, 4.69) is 5.32 Å². The van der Waals surface area contributed by atoms with Crippen molar-refractivity contribution in [2.45, 2.75) is 51.2 Å². The first-order valence-corrected chi connectivity index (χ1v) is 7.66. The normalized spacial score (nSPS) is 16.3. The molecule has 1 saturated carbocycles. The molecule has 1 aliphatic rings. The number of phenols is 1. The Morgan fingerprint density at radius 1 is 1.14 bits per heavy atom. The van der Waals surface area contributed by atoms with Crippen molar-refractivity contribution in [1.82, 2.24) is 5.32 Å². The predicted molar refractivity (Wildman–Crippen MR) is 77.2 cm³/mol. The van der Waals surface area contributed by atoms with Gasteiger partial charge in [0.25, 0.3) is 0 Å². The molecule has 0 atom stereocenters. The standard InChI is InChI=1S/C16H23F2NO2/c17-14-9-12(10-15(18)16(14)20)11-19-7-4-8-21-13-5-2-1-3-6-13/h9-10,13,19-20H,1-8,11H2. The Morgan fingerprint density at radius 3 is 2.48 bits per heavy atom. The lowest BCUT2D eigenvalue weighted by Crippen LogP contribution is -2.20. The first kappa shape index (κ1) is 16.2. The highest BCUT2D eigenvalue weighted by atomic mass is 19.1. The van der Waals surface area contributed by atoms with Crippen LogP contribution in [-0.4, -0.2) is 24.4 Å². The van der Waals surface area contributed by atoms with E-state index in [1.54, 1.807) is 0 Å². The highest BCUT2D eigenvalue weighted by molar-refractivity contribution is 5.29. The van der Waals surface area contributed by atoms with Gasteiger partial charge in [0.15, 0.2) is 17.4 Å². The van der Waals surface area contributed by atoms with Gasteiger partial charge in [-0.15, -0.1) is 0 Å². The number of nitrogens with one attached hydrogen (secondary N) is 1. The highest BCUT2D eigenvalue weighted by Crippen LogP contribution is 2.21. The van der Waals surface area contributed by atoms with E-state index in [1.165, 1.54) is 32.1 Å². The van der Waals surface area contributed by atoms with Gasteiger partial charge in [-0.2, -0.15) is 0 Å². The number of hydrogen-bond acceptors (Lipinski definition) is 3. The molecule has 0 spiro atoms. The Hall–Kier alpha value is -1.20. The summed E-state index contributed by atoms with van der Waals surface area (Å²) in [5.74, 6) is -2.76. The van der Waals surface area contributed by atoms with E-state index in [9.17, 15) is 8.78 Å². The number of halogens is 2. The number of aromatic hydroxyl groups is 1.